The summed E-state index contributed by atoms with van der Waals surface area (Å²) >= 11 is 6.97. The van der Waals surface area contributed by atoms with Gasteiger partial charge >= 0.3 is 5.97 Å². The van der Waals surface area contributed by atoms with Crippen LogP contribution in [0.25, 0.3) is 23.4 Å². The van der Waals surface area contributed by atoms with E-state index in [1.54, 1.807) is 6.08 Å². The summed E-state index contributed by atoms with van der Waals surface area (Å²) in [5.74, 6) is 0.0969. The Morgan fingerprint density at radius 1 is 1.10 bits per heavy atom. The highest BCUT2D eigenvalue weighted by molar-refractivity contribution is 6.31. The minimum atomic E-state index is -0.368. The molecule has 206 valence electrons. The van der Waals surface area contributed by atoms with Crippen molar-refractivity contribution < 1.29 is 9.53 Å². The molecule has 0 amide bonds. The standard InChI is InChI=1S/C34H36ClN3O2/c1-4-6-33(25-15-17-37(2)18-16-25)38(30-8-5-7-24(19-30)9-14-34(39)40-3)23-28-11-10-27(21-31(28)35)26-12-13-32-29(20-26)22-36-32/h5-14,19-22,25H,4,15-18,23H2,1-3H3/b14-9+,33-6-. The van der Waals surface area contributed by atoms with Crippen molar-refractivity contribution in [3.8, 4) is 11.1 Å². The highest BCUT2D eigenvalue weighted by atomic mass is 35.5. The van der Waals surface area contributed by atoms with Gasteiger partial charge in [-0.05, 0) is 98.1 Å². The lowest BCUT2D eigenvalue weighted by atomic mass is 9.91. The number of hydrogen-bond donors (Lipinski definition) is 0. The van der Waals surface area contributed by atoms with E-state index in [4.69, 9.17) is 16.3 Å². The van der Waals surface area contributed by atoms with Crippen LogP contribution < -0.4 is 15.5 Å². The second-order valence-corrected chi connectivity index (χ2v) is 10.9. The molecule has 40 heavy (non-hydrogen) atoms. The maximum Gasteiger partial charge on any atom is 0.330 e. The Morgan fingerprint density at radius 2 is 1.88 bits per heavy atom. The maximum atomic E-state index is 11.7. The van der Waals surface area contributed by atoms with Crippen molar-refractivity contribution >= 4 is 35.5 Å². The minimum Gasteiger partial charge on any atom is -0.466 e. The van der Waals surface area contributed by atoms with Crippen LogP contribution in [0.3, 0.4) is 0 Å². The number of benzene rings is 3. The van der Waals surface area contributed by atoms with E-state index < -0.39 is 0 Å². The van der Waals surface area contributed by atoms with Gasteiger partial charge in [0.05, 0.1) is 12.5 Å². The van der Waals surface area contributed by atoms with Crippen LogP contribution in [0.2, 0.25) is 5.02 Å². The van der Waals surface area contributed by atoms with Gasteiger partial charge in [-0.3, -0.25) is 4.99 Å². The Balaban J connectivity index is 1.50. The molecule has 1 saturated heterocycles. The molecule has 2 heterocycles. The zero-order chi connectivity index (χ0) is 28.1. The maximum absolute atomic E-state index is 11.7. The fraction of sp³-hybridized carbons (Fsp3) is 0.294. The Kier molecular flexibility index (Phi) is 8.83. The molecule has 0 aliphatic carbocycles. The molecule has 5 rings (SSSR count). The SMILES string of the molecule is CC/C=C(/C1CCN(C)CC1)N(Cc1ccc(-c2ccc3c(c2)=CN=3)cc1Cl)c1cccc(/C=C/C(=O)OC)c1. The van der Waals surface area contributed by atoms with Crippen molar-refractivity contribution in [2.24, 2.45) is 10.9 Å². The molecule has 0 spiro atoms. The van der Waals surface area contributed by atoms with Crippen molar-refractivity contribution in [3.05, 3.63) is 105 Å². The number of halogens is 1. The van der Waals surface area contributed by atoms with E-state index in [0.29, 0.717) is 12.5 Å². The summed E-state index contributed by atoms with van der Waals surface area (Å²) in [7, 11) is 3.59. The first kappa shape index (κ1) is 27.9. The van der Waals surface area contributed by atoms with Crippen molar-refractivity contribution in [2.45, 2.75) is 32.7 Å². The van der Waals surface area contributed by atoms with E-state index in [1.165, 1.54) is 18.9 Å². The molecule has 2 aliphatic rings. The number of nitrogens with zero attached hydrogens (tertiary/aromatic N) is 3. The van der Waals surface area contributed by atoms with Crippen LogP contribution in [0.5, 0.6) is 0 Å². The molecule has 6 heteroatoms. The third-order valence-electron chi connectivity index (χ3n) is 7.74. The first-order chi connectivity index (χ1) is 19.4. The number of carbonyl (C=O) groups excluding carboxylic acids is 1. The Bertz CT molecular complexity index is 1570. The summed E-state index contributed by atoms with van der Waals surface area (Å²) in [6.45, 7) is 5.02. The third kappa shape index (κ3) is 6.38. The van der Waals surface area contributed by atoms with Gasteiger partial charge in [-0.2, -0.15) is 0 Å². The highest BCUT2D eigenvalue weighted by Gasteiger charge is 2.26. The lowest BCUT2D eigenvalue weighted by molar-refractivity contribution is -0.134. The van der Waals surface area contributed by atoms with E-state index >= 15 is 0 Å². The summed E-state index contributed by atoms with van der Waals surface area (Å²) in [6, 6.07) is 21.0. The lowest BCUT2D eigenvalue weighted by Crippen LogP contribution is -2.35. The predicted molar refractivity (Wildman–Crippen MR) is 164 cm³/mol. The predicted octanol–water partition coefficient (Wildman–Crippen LogP) is 6.21. The van der Waals surface area contributed by atoms with Gasteiger partial charge in [0.1, 0.15) is 0 Å². The van der Waals surface area contributed by atoms with Gasteiger partial charge in [-0.1, -0.05) is 54.9 Å². The number of allylic oxidation sites excluding steroid dienone is 2. The van der Waals surface area contributed by atoms with Crippen molar-refractivity contribution in [2.75, 3.05) is 32.1 Å². The zero-order valence-electron chi connectivity index (χ0n) is 23.4. The van der Waals surface area contributed by atoms with Crippen LogP contribution in [-0.4, -0.2) is 38.1 Å². The van der Waals surface area contributed by atoms with E-state index in [9.17, 15) is 4.79 Å². The van der Waals surface area contributed by atoms with Gasteiger partial charge < -0.3 is 14.5 Å². The first-order valence-corrected chi connectivity index (χ1v) is 14.3. The summed E-state index contributed by atoms with van der Waals surface area (Å²) in [4.78, 5) is 20.8. The van der Waals surface area contributed by atoms with Crippen molar-refractivity contribution in [1.82, 2.24) is 4.90 Å². The molecule has 0 N–H and O–H groups in total. The van der Waals surface area contributed by atoms with E-state index in [2.05, 4.69) is 83.4 Å². The summed E-state index contributed by atoms with van der Waals surface area (Å²) in [6.07, 6.45) is 10.7. The molecule has 0 aromatic heterocycles. The van der Waals surface area contributed by atoms with Gasteiger partial charge in [0.15, 0.2) is 0 Å². The second-order valence-electron chi connectivity index (χ2n) is 10.5. The van der Waals surface area contributed by atoms with Crippen LogP contribution in [0.1, 0.15) is 37.3 Å². The van der Waals surface area contributed by atoms with Gasteiger partial charge in [0.25, 0.3) is 0 Å². The molecule has 0 radical (unpaired) electrons. The largest absolute Gasteiger partial charge is 0.466 e. The summed E-state index contributed by atoms with van der Waals surface area (Å²) in [5, 5.41) is 2.95. The fourth-order valence-electron chi connectivity index (χ4n) is 5.42. The number of hydrogen-bond acceptors (Lipinski definition) is 5. The smallest absolute Gasteiger partial charge is 0.330 e. The number of esters is 1. The number of piperidine rings is 1. The van der Waals surface area contributed by atoms with Crippen LogP contribution in [-0.2, 0) is 16.1 Å². The monoisotopic (exact) mass is 553 g/mol. The molecule has 1 fully saturated rings. The van der Waals surface area contributed by atoms with Crippen molar-refractivity contribution in [3.63, 3.8) is 0 Å². The Labute approximate surface area is 241 Å². The number of anilines is 1. The number of fused-ring (bicyclic) bond motifs is 1. The number of carbonyl (C=O) groups is 1. The average molecular weight is 554 g/mol. The van der Waals surface area contributed by atoms with E-state index in [1.807, 2.05) is 18.3 Å². The molecule has 2 aliphatic heterocycles. The van der Waals surface area contributed by atoms with Crippen LogP contribution in [0, 0.1) is 5.92 Å². The van der Waals surface area contributed by atoms with Gasteiger partial charge in [0.2, 0.25) is 0 Å². The Hall–Kier alpha value is -3.67. The molecule has 0 unspecified atom stereocenters. The summed E-state index contributed by atoms with van der Waals surface area (Å²) < 4.78 is 4.79. The normalized spacial score (nSPS) is 15.7. The molecule has 3 aromatic rings. The van der Waals surface area contributed by atoms with Gasteiger partial charge in [0, 0.05) is 46.4 Å². The van der Waals surface area contributed by atoms with Gasteiger partial charge in [-0.15, -0.1) is 0 Å². The quantitative estimate of drug-likeness (QED) is 0.233. The number of rotatable bonds is 9. The van der Waals surface area contributed by atoms with Crippen LogP contribution in [0.15, 0.2) is 83.5 Å². The Morgan fingerprint density at radius 3 is 2.55 bits per heavy atom. The highest BCUT2D eigenvalue weighted by Crippen LogP contribution is 2.35. The van der Waals surface area contributed by atoms with Gasteiger partial charge in [-0.25, -0.2) is 4.79 Å². The number of ether oxygens (including phenoxy) is 1. The fourth-order valence-corrected chi connectivity index (χ4v) is 5.66. The number of methoxy groups -OCH3 is 1. The third-order valence-corrected chi connectivity index (χ3v) is 8.09. The lowest BCUT2D eigenvalue weighted by Gasteiger charge is -2.37. The first-order valence-electron chi connectivity index (χ1n) is 13.9. The minimum absolute atomic E-state index is 0.368. The molecule has 0 saturated carbocycles. The van der Waals surface area contributed by atoms with E-state index in [0.717, 1.165) is 75.9 Å². The molecule has 3 aromatic carbocycles. The topological polar surface area (TPSA) is 45.1 Å². The van der Waals surface area contributed by atoms with E-state index in [-0.39, 0.29) is 5.97 Å². The molecular weight excluding hydrogens is 518 g/mol. The molecular formula is C34H36ClN3O2. The molecule has 5 nitrogen and oxygen atoms in total. The summed E-state index contributed by atoms with van der Waals surface area (Å²) in [5.41, 5.74) is 6.66. The average Bonchev–Trinajstić information content (AvgIpc) is 2.95. The molecule has 0 atom stereocenters. The zero-order valence-corrected chi connectivity index (χ0v) is 24.2. The van der Waals surface area contributed by atoms with Crippen LogP contribution in [0.4, 0.5) is 5.69 Å². The second kappa shape index (κ2) is 12.7. The number of likely N-dealkylation sites (tertiary alicyclic amines) is 1. The molecule has 0 bridgehead atoms. The van der Waals surface area contributed by atoms with Crippen LogP contribution >= 0.6 is 11.6 Å². The van der Waals surface area contributed by atoms with Crippen molar-refractivity contribution in [1.29, 1.82) is 0 Å².